The minimum atomic E-state index is -0.951. The number of allylic oxidation sites excluding steroid dienone is 2. The third-order valence-electron chi connectivity index (χ3n) is 2.40. The predicted octanol–water partition coefficient (Wildman–Crippen LogP) is 2.35. The number of aromatic carboxylic acids is 1. The minimum absolute atomic E-state index is 0.167. The van der Waals surface area contributed by atoms with Crippen molar-refractivity contribution < 1.29 is 9.90 Å². The molecule has 0 aliphatic heterocycles. The van der Waals surface area contributed by atoms with Crippen molar-refractivity contribution >= 4 is 11.5 Å². The van der Waals surface area contributed by atoms with Crippen LogP contribution in [0, 0.1) is 0 Å². The van der Waals surface area contributed by atoms with Crippen LogP contribution in [-0.2, 0) is 0 Å². The Hall–Kier alpha value is -1.64. The van der Waals surface area contributed by atoms with Crippen molar-refractivity contribution in [1.29, 1.82) is 0 Å². The number of carboxylic acids is 1. The lowest BCUT2D eigenvalue weighted by Gasteiger charge is -2.04. The molecule has 2 rings (SSSR count). The smallest absolute Gasteiger partial charge is 0.355 e. The van der Waals surface area contributed by atoms with E-state index in [2.05, 4.69) is 11.1 Å². The first-order chi connectivity index (χ1) is 6.79. The normalized spacial score (nSPS) is 15.3. The molecular weight excluding hydrogens is 178 g/mol. The van der Waals surface area contributed by atoms with E-state index in [1.165, 1.54) is 6.20 Å². The number of rotatable bonds is 2. The minimum Gasteiger partial charge on any atom is -0.476 e. The van der Waals surface area contributed by atoms with Crippen LogP contribution in [0.1, 0.15) is 35.3 Å². The standard InChI is InChI=1S/C11H11NO2/c13-11(14)10-9(6-3-7-12-10)8-4-1-2-5-8/h3-4,6-7H,1-2,5H2,(H,13,14). The summed E-state index contributed by atoms with van der Waals surface area (Å²) in [6.45, 7) is 0. The zero-order chi connectivity index (χ0) is 9.97. The van der Waals surface area contributed by atoms with Gasteiger partial charge < -0.3 is 5.11 Å². The molecule has 0 atom stereocenters. The predicted molar refractivity (Wildman–Crippen MR) is 53.0 cm³/mol. The molecule has 0 aromatic carbocycles. The topological polar surface area (TPSA) is 50.2 Å². The first-order valence-electron chi connectivity index (χ1n) is 4.67. The van der Waals surface area contributed by atoms with Crippen LogP contribution in [0.2, 0.25) is 0 Å². The summed E-state index contributed by atoms with van der Waals surface area (Å²) in [6.07, 6.45) is 6.74. The van der Waals surface area contributed by atoms with E-state index in [9.17, 15) is 4.79 Å². The number of carbonyl (C=O) groups is 1. The Kier molecular flexibility index (Phi) is 2.31. The van der Waals surface area contributed by atoms with E-state index in [-0.39, 0.29) is 5.69 Å². The molecule has 1 aromatic rings. The molecule has 1 aliphatic rings. The van der Waals surface area contributed by atoms with Gasteiger partial charge in [-0.15, -0.1) is 0 Å². The summed E-state index contributed by atoms with van der Waals surface area (Å²) in [6, 6.07) is 3.61. The second-order valence-electron chi connectivity index (χ2n) is 3.33. The van der Waals surface area contributed by atoms with Crippen molar-refractivity contribution in [1.82, 2.24) is 4.98 Å². The Labute approximate surface area is 82.1 Å². The molecule has 72 valence electrons. The maximum atomic E-state index is 10.9. The Morgan fingerprint density at radius 1 is 1.50 bits per heavy atom. The van der Waals surface area contributed by atoms with E-state index in [0.717, 1.165) is 30.4 Å². The molecule has 0 saturated heterocycles. The highest BCUT2D eigenvalue weighted by Crippen LogP contribution is 2.28. The van der Waals surface area contributed by atoms with Crippen molar-refractivity contribution in [2.24, 2.45) is 0 Å². The van der Waals surface area contributed by atoms with Gasteiger partial charge in [-0.25, -0.2) is 9.78 Å². The second kappa shape index (κ2) is 3.62. The zero-order valence-corrected chi connectivity index (χ0v) is 7.73. The van der Waals surface area contributed by atoms with Crippen LogP contribution in [0.4, 0.5) is 0 Å². The van der Waals surface area contributed by atoms with Gasteiger partial charge in [0.25, 0.3) is 0 Å². The Morgan fingerprint density at radius 3 is 3.00 bits per heavy atom. The van der Waals surface area contributed by atoms with E-state index in [0.29, 0.717) is 0 Å². The molecule has 1 N–H and O–H groups in total. The second-order valence-corrected chi connectivity index (χ2v) is 3.33. The van der Waals surface area contributed by atoms with E-state index >= 15 is 0 Å². The number of hydrogen-bond donors (Lipinski definition) is 1. The highest BCUT2D eigenvalue weighted by molar-refractivity contribution is 5.92. The molecule has 1 heterocycles. The molecule has 0 bridgehead atoms. The summed E-state index contributed by atoms with van der Waals surface area (Å²) in [5, 5.41) is 8.94. The van der Waals surface area contributed by atoms with Crippen molar-refractivity contribution in [3.8, 4) is 0 Å². The lowest BCUT2D eigenvalue weighted by Crippen LogP contribution is -2.04. The summed E-state index contributed by atoms with van der Waals surface area (Å²) in [5.41, 5.74) is 2.06. The number of pyridine rings is 1. The highest BCUT2D eigenvalue weighted by atomic mass is 16.4. The van der Waals surface area contributed by atoms with Gasteiger partial charge in [-0.05, 0) is 30.9 Å². The molecule has 0 unspecified atom stereocenters. The monoisotopic (exact) mass is 189 g/mol. The van der Waals surface area contributed by atoms with Gasteiger partial charge in [0, 0.05) is 11.8 Å². The summed E-state index contributed by atoms with van der Waals surface area (Å²) >= 11 is 0. The van der Waals surface area contributed by atoms with Crippen molar-refractivity contribution in [3.63, 3.8) is 0 Å². The molecule has 3 nitrogen and oxygen atoms in total. The number of nitrogens with zero attached hydrogens (tertiary/aromatic N) is 1. The zero-order valence-electron chi connectivity index (χ0n) is 7.73. The molecule has 0 fully saturated rings. The van der Waals surface area contributed by atoms with Gasteiger partial charge in [0.1, 0.15) is 0 Å². The largest absolute Gasteiger partial charge is 0.476 e. The summed E-state index contributed by atoms with van der Waals surface area (Å²) in [5.74, 6) is -0.951. The number of hydrogen-bond acceptors (Lipinski definition) is 2. The molecule has 3 heteroatoms. The highest BCUT2D eigenvalue weighted by Gasteiger charge is 2.15. The summed E-state index contributed by atoms with van der Waals surface area (Å²) in [7, 11) is 0. The lowest BCUT2D eigenvalue weighted by atomic mass is 10.0. The fourth-order valence-electron chi connectivity index (χ4n) is 1.75. The van der Waals surface area contributed by atoms with Gasteiger partial charge in [-0.2, -0.15) is 0 Å². The molecule has 1 aliphatic carbocycles. The van der Waals surface area contributed by atoms with Gasteiger partial charge in [-0.1, -0.05) is 12.1 Å². The van der Waals surface area contributed by atoms with E-state index < -0.39 is 5.97 Å². The molecule has 0 amide bonds. The van der Waals surface area contributed by atoms with Gasteiger partial charge in [0.2, 0.25) is 0 Å². The number of carboxylic acid groups (broad SMARTS) is 1. The van der Waals surface area contributed by atoms with Crippen LogP contribution in [0.25, 0.3) is 5.57 Å². The molecule has 0 saturated carbocycles. The Balaban J connectivity index is 2.46. The number of aromatic nitrogens is 1. The maximum Gasteiger partial charge on any atom is 0.355 e. The van der Waals surface area contributed by atoms with Gasteiger partial charge in [0.15, 0.2) is 5.69 Å². The van der Waals surface area contributed by atoms with E-state index in [4.69, 9.17) is 5.11 Å². The molecule has 0 spiro atoms. The first-order valence-corrected chi connectivity index (χ1v) is 4.67. The molecule has 0 radical (unpaired) electrons. The fourth-order valence-corrected chi connectivity index (χ4v) is 1.75. The maximum absolute atomic E-state index is 10.9. The van der Waals surface area contributed by atoms with Crippen LogP contribution in [0.15, 0.2) is 24.4 Å². The van der Waals surface area contributed by atoms with Crippen LogP contribution >= 0.6 is 0 Å². The van der Waals surface area contributed by atoms with Gasteiger partial charge in [0.05, 0.1) is 0 Å². The van der Waals surface area contributed by atoms with E-state index in [1.807, 2.05) is 6.07 Å². The first kappa shape index (κ1) is 8.94. The average molecular weight is 189 g/mol. The van der Waals surface area contributed by atoms with Gasteiger partial charge in [-0.3, -0.25) is 0 Å². The van der Waals surface area contributed by atoms with Crippen molar-refractivity contribution in [3.05, 3.63) is 35.7 Å². The van der Waals surface area contributed by atoms with Gasteiger partial charge >= 0.3 is 5.97 Å². The average Bonchev–Trinajstić information content (AvgIpc) is 2.70. The van der Waals surface area contributed by atoms with E-state index in [1.54, 1.807) is 6.07 Å². The molecular formula is C11H11NO2. The van der Waals surface area contributed by atoms with Crippen molar-refractivity contribution in [2.45, 2.75) is 19.3 Å². The molecule has 14 heavy (non-hydrogen) atoms. The van der Waals surface area contributed by atoms with Crippen LogP contribution in [0.5, 0.6) is 0 Å². The summed E-state index contributed by atoms with van der Waals surface area (Å²) in [4.78, 5) is 14.8. The van der Waals surface area contributed by atoms with Crippen molar-refractivity contribution in [2.75, 3.05) is 0 Å². The Bertz CT molecular complexity index is 396. The SMILES string of the molecule is O=C(O)c1ncccc1C1=CCCC1. The van der Waals surface area contributed by atoms with Crippen LogP contribution in [-0.4, -0.2) is 16.1 Å². The van der Waals surface area contributed by atoms with Crippen LogP contribution < -0.4 is 0 Å². The Morgan fingerprint density at radius 2 is 2.36 bits per heavy atom. The lowest BCUT2D eigenvalue weighted by molar-refractivity contribution is 0.0690. The fraction of sp³-hybridized carbons (Fsp3) is 0.273. The van der Waals surface area contributed by atoms with Crippen LogP contribution in [0.3, 0.4) is 0 Å². The third-order valence-corrected chi connectivity index (χ3v) is 2.40. The third kappa shape index (κ3) is 1.53. The summed E-state index contributed by atoms with van der Waals surface area (Å²) < 4.78 is 0. The molecule has 1 aromatic heterocycles. The quantitative estimate of drug-likeness (QED) is 0.776.